The molecule has 0 amide bonds. The molecule has 0 unspecified atom stereocenters. The molecule has 0 fully saturated rings. The van der Waals surface area contributed by atoms with E-state index in [2.05, 4.69) is 34.0 Å². The first-order valence-electron chi connectivity index (χ1n) is 9.52. The number of hydrogen-bond donors (Lipinski definition) is 0. The van der Waals surface area contributed by atoms with Crippen molar-refractivity contribution in [1.82, 2.24) is 29.5 Å². The van der Waals surface area contributed by atoms with Crippen molar-refractivity contribution in [3.63, 3.8) is 0 Å². The average Bonchev–Trinajstić information content (AvgIpc) is 3.24. The van der Waals surface area contributed by atoms with E-state index in [0.717, 1.165) is 23.0 Å². The van der Waals surface area contributed by atoms with Crippen LogP contribution < -0.4 is 0 Å². The van der Waals surface area contributed by atoms with E-state index in [1.54, 1.807) is 12.4 Å². The summed E-state index contributed by atoms with van der Waals surface area (Å²) in [5, 5.41) is 8.75. The Morgan fingerprint density at radius 3 is 1.29 bits per heavy atom. The van der Waals surface area contributed by atoms with Crippen LogP contribution in [0.4, 0.5) is 0 Å². The van der Waals surface area contributed by atoms with Gasteiger partial charge < -0.3 is 0 Å². The summed E-state index contributed by atoms with van der Waals surface area (Å²) in [7, 11) is 9.81. The molecule has 4 aromatic rings. The second-order valence-corrected chi connectivity index (χ2v) is 10.8. The van der Waals surface area contributed by atoms with E-state index in [4.69, 9.17) is 19.3 Å². The minimum atomic E-state index is -0.639. The Kier molecular flexibility index (Phi) is 9.83. The zero-order chi connectivity index (χ0) is 23.0. The molecule has 166 valence electrons. The maximum atomic E-state index is 4.90. The van der Waals surface area contributed by atoms with E-state index in [1.165, 1.54) is 22.3 Å². The molecule has 31 heavy (non-hydrogen) atoms. The van der Waals surface area contributed by atoms with Gasteiger partial charge in [0, 0.05) is 24.8 Å². The molecule has 0 bridgehead atoms. The molecule has 0 aliphatic rings. The Morgan fingerprint density at radius 1 is 0.677 bits per heavy atom. The molecule has 9 heteroatoms. The fraction of sp³-hybridized carbons (Fsp3) is 0.273. The SMILES string of the molecule is Cc1ccnc(-n2cc(C)c(C)n2)c1.Cc1ccnc(-n2cc(C)c(C)n2)c1.[Cl][Os][Cl]. The van der Waals surface area contributed by atoms with Gasteiger partial charge >= 0.3 is 34.7 Å². The molecule has 0 spiro atoms. The average molecular weight is 636 g/mol. The van der Waals surface area contributed by atoms with E-state index in [0.29, 0.717) is 0 Å². The fourth-order valence-electron chi connectivity index (χ4n) is 2.62. The summed E-state index contributed by atoms with van der Waals surface area (Å²) >= 11 is -0.639. The minimum absolute atomic E-state index is 0.639. The Bertz CT molecular complexity index is 996. The van der Waals surface area contributed by atoms with Crippen molar-refractivity contribution >= 4 is 19.3 Å². The van der Waals surface area contributed by atoms with Crippen LogP contribution in [0.2, 0.25) is 0 Å². The van der Waals surface area contributed by atoms with Gasteiger partial charge in [0.05, 0.1) is 11.4 Å². The Labute approximate surface area is 199 Å². The molecule has 0 aliphatic heterocycles. The molecule has 0 atom stereocenters. The molecule has 0 saturated heterocycles. The third-order valence-corrected chi connectivity index (χ3v) is 4.56. The van der Waals surface area contributed by atoms with Gasteiger partial charge in [-0.15, -0.1) is 0 Å². The predicted molar refractivity (Wildman–Crippen MR) is 123 cm³/mol. The van der Waals surface area contributed by atoms with Crippen molar-refractivity contribution < 1.29 is 15.4 Å². The summed E-state index contributed by atoms with van der Waals surface area (Å²) in [5.41, 5.74) is 6.87. The van der Waals surface area contributed by atoms with Crippen LogP contribution in [-0.2, 0) is 15.4 Å². The molecule has 4 heterocycles. The van der Waals surface area contributed by atoms with Gasteiger partial charge in [-0.2, -0.15) is 10.2 Å². The van der Waals surface area contributed by atoms with Gasteiger partial charge in [0.1, 0.15) is 0 Å². The van der Waals surface area contributed by atoms with Crippen LogP contribution in [0.5, 0.6) is 0 Å². The van der Waals surface area contributed by atoms with Crippen molar-refractivity contribution in [2.45, 2.75) is 41.5 Å². The maximum absolute atomic E-state index is 4.90. The summed E-state index contributed by atoms with van der Waals surface area (Å²) in [4.78, 5) is 8.53. The van der Waals surface area contributed by atoms with Crippen LogP contribution in [0.15, 0.2) is 49.1 Å². The molecular formula is C22H26Cl2N6Os. The van der Waals surface area contributed by atoms with E-state index in [1.807, 2.05) is 73.7 Å². The van der Waals surface area contributed by atoms with Crippen molar-refractivity contribution in [2.24, 2.45) is 0 Å². The van der Waals surface area contributed by atoms with E-state index in [9.17, 15) is 0 Å². The van der Waals surface area contributed by atoms with E-state index < -0.39 is 15.4 Å². The van der Waals surface area contributed by atoms with E-state index in [-0.39, 0.29) is 0 Å². The van der Waals surface area contributed by atoms with Gasteiger partial charge in [-0.05, 0) is 88.1 Å². The number of pyridine rings is 2. The molecule has 0 aliphatic carbocycles. The third-order valence-electron chi connectivity index (χ3n) is 4.56. The normalized spacial score (nSPS) is 10.2. The number of halogens is 2. The van der Waals surface area contributed by atoms with Gasteiger partial charge in [0.15, 0.2) is 11.6 Å². The Hall–Kier alpha value is -2.06. The Balaban J connectivity index is 0.000000196. The molecule has 6 nitrogen and oxygen atoms in total. The first-order valence-corrected chi connectivity index (χ1v) is 15.8. The van der Waals surface area contributed by atoms with Crippen LogP contribution >= 0.6 is 19.3 Å². The molecule has 0 radical (unpaired) electrons. The zero-order valence-corrected chi connectivity index (χ0v) is 22.5. The van der Waals surface area contributed by atoms with Crippen LogP contribution in [0.1, 0.15) is 33.6 Å². The van der Waals surface area contributed by atoms with Crippen molar-refractivity contribution in [3.05, 3.63) is 82.7 Å². The summed E-state index contributed by atoms with van der Waals surface area (Å²) in [6.45, 7) is 12.2. The van der Waals surface area contributed by atoms with Gasteiger partial charge in [-0.3, -0.25) is 0 Å². The van der Waals surface area contributed by atoms with Crippen LogP contribution in [0.3, 0.4) is 0 Å². The quantitative estimate of drug-likeness (QED) is 0.281. The zero-order valence-electron chi connectivity index (χ0n) is 18.4. The molecule has 0 saturated carbocycles. The molecule has 4 aromatic heterocycles. The first-order chi connectivity index (χ1) is 14.7. The van der Waals surface area contributed by atoms with Crippen LogP contribution in [-0.4, -0.2) is 29.5 Å². The van der Waals surface area contributed by atoms with E-state index >= 15 is 0 Å². The van der Waals surface area contributed by atoms with Gasteiger partial charge in [0.25, 0.3) is 0 Å². The van der Waals surface area contributed by atoms with Gasteiger partial charge in [-0.1, -0.05) is 0 Å². The van der Waals surface area contributed by atoms with Crippen LogP contribution in [0.25, 0.3) is 11.6 Å². The fourth-order valence-corrected chi connectivity index (χ4v) is 2.62. The molecule has 0 N–H and O–H groups in total. The molecule has 0 aromatic carbocycles. The first kappa shape index (κ1) is 25.2. The third kappa shape index (κ3) is 7.54. The summed E-state index contributed by atoms with van der Waals surface area (Å²) in [6, 6.07) is 8.00. The second-order valence-electron chi connectivity index (χ2n) is 7.12. The summed E-state index contributed by atoms with van der Waals surface area (Å²) in [5.74, 6) is 1.75. The topological polar surface area (TPSA) is 61.4 Å². The van der Waals surface area contributed by atoms with Gasteiger partial charge in [-0.25, -0.2) is 19.3 Å². The van der Waals surface area contributed by atoms with Gasteiger partial charge in [0.2, 0.25) is 0 Å². The number of aryl methyl sites for hydroxylation is 6. The standard InChI is InChI=1S/2C11H13N3.2ClH.Os/c2*1-8-4-5-12-11(6-8)14-7-9(2)10(3)13-14;;;/h2*4-7H,1-3H3;2*1H;/q;;;;+2/p-2. The Morgan fingerprint density at radius 2 is 1.03 bits per heavy atom. The summed E-state index contributed by atoms with van der Waals surface area (Å²) in [6.07, 6.45) is 7.60. The van der Waals surface area contributed by atoms with Crippen molar-refractivity contribution in [2.75, 3.05) is 0 Å². The monoisotopic (exact) mass is 636 g/mol. The van der Waals surface area contributed by atoms with Crippen molar-refractivity contribution in [3.8, 4) is 11.6 Å². The molecule has 4 rings (SSSR count). The second kappa shape index (κ2) is 12.1. The number of hydrogen-bond acceptors (Lipinski definition) is 4. The molecular weight excluding hydrogens is 609 g/mol. The number of aromatic nitrogens is 6. The summed E-state index contributed by atoms with van der Waals surface area (Å²) < 4.78 is 3.63. The number of rotatable bonds is 2. The van der Waals surface area contributed by atoms with Crippen LogP contribution in [0, 0.1) is 41.5 Å². The van der Waals surface area contributed by atoms with Crippen molar-refractivity contribution in [1.29, 1.82) is 0 Å². The predicted octanol–water partition coefficient (Wildman–Crippen LogP) is 5.76. The number of nitrogens with zero attached hydrogens (tertiary/aromatic N) is 6.